The molecule has 0 aliphatic carbocycles. The average Bonchev–Trinajstić information content (AvgIpc) is 2.74. The molecule has 22 heavy (non-hydrogen) atoms. The van der Waals surface area contributed by atoms with Gasteiger partial charge < -0.3 is 14.2 Å². The molecule has 2 aromatic rings. The molecule has 0 spiro atoms. The maximum Gasteiger partial charge on any atom is 0.293 e. The molecular weight excluding hydrogens is 284 g/mol. The van der Waals surface area contributed by atoms with Crippen LogP contribution in [0, 0.1) is 13.8 Å². The van der Waals surface area contributed by atoms with Crippen LogP contribution in [0.15, 0.2) is 27.5 Å². The van der Waals surface area contributed by atoms with Crippen LogP contribution < -0.4 is 5.56 Å². The largest absolute Gasteiger partial charge is 0.380 e. The zero-order valence-corrected chi connectivity index (χ0v) is 13.5. The van der Waals surface area contributed by atoms with Crippen molar-refractivity contribution in [1.29, 1.82) is 0 Å². The lowest BCUT2D eigenvalue weighted by atomic mass is 10.1. The van der Waals surface area contributed by atoms with Crippen molar-refractivity contribution in [3.05, 3.63) is 51.0 Å². The maximum absolute atomic E-state index is 12.4. The molecule has 0 atom stereocenters. The molecule has 0 unspecified atom stereocenters. The van der Waals surface area contributed by atoms with E-state index in [1.807, 2.05) is 6.92 Å². The highest BCUT2D eigenvalue weighted by Gasteiger charge is 2.17. The molecule has 118 valence electrons. The number of nitrogens with zero attached hydrogens (tertiary/aromatic N) is 2. The Kier molecular flexibility index (Phi) is 4.51. The highest BCUT2D eigenvalue weighted by atomic mass is 16.5. The number of amides is 1. The van der Waals surface area contributed by atoms with E-state index in [2.05, 4.69) is 0 Å². The number of benzene rings is 1. The molecule has 2 rings (SSSR count). The zero-order chi connectivity index (χ0) is 16.4. The first kappa shape index (κ1) is 16.0. The molecule has 1 heterocycles. The van der Waals surface area contributed by atoms with Crippen molar-refractivity contribution in [2.24, 2.45) is 0 Å². The van der Waals surface area contributed by atoms with E-state index in [9.17, 15) is 9.59 Å². The van der Waals surface area contributed by atoms with Crippen LogP contribution in [0.1, 0.15) is 27.2 Å². The Balaban J connectivity index is 2.49. The predicted octanol–water partition coefficient (Wildman–Crippen LogP) is 1.90. The lowest BCUT2D eigenvalue weighted by Crippen LogP contribution is -2.22. The highest BCUT2D eigenvalue weighted by Crippen LogP contribution is 2.17. The smallest absolute Gasteiger partial charge is 0.293 e. The summed E-state index contributed by atoms with van der Waals surface area (Å²) in [6, 6.07) is 5.15. The number of hydrogen-bond donors (Lipinski definition) is 0. The van der Waals surface area contributed by atoms with E-state index >= 15 is 0 Å². The van der Waals surface area contributed by atoms with Gasteiger partial charge >= 0.3 is 0 Å². The van der Waals surface area contributed by atoms with Gasteiger partial charge in [-0.05, 0) is 37.6 Å². The summed E-state index contributed by atoms with van der Waals surface area (Å²) in [6.07, 6.45) is 0. The third-order valence-corrected chi connectivity index (χ3v) is 3.45. The highest BCUT2D eigenvalue weighted by molar-refractivity contribution is 5.94. The summed E-state index contributed by atoms with van der Waals surface area (Å²) in [5.41, 5.74) is 2.22. The maximum atomic E-state index is 12.4. The van der Waals surface area contributed by atoms with E-state index in [4.69, 9.17) is 9.26 Å². The van der Waals surface area contributed by atoms with Crippen LogP contribution in [0.3, 0.4) is 0 Å². The molecule has 0 N–H and O–H groups in total. The lowest BCUT2D eigenvalue weighted by Gasteiger charge is -2.12. The molecule has 1 amide bonds. The number of aryl methyl sites for hydroxylation is 2. The molecular formula is C16H20N2O4. The summed E-state index contributed by atoms with van der Waals surface area (Å²) in [6.45, 7) is 3.77. The Labute approximate surface area is 128 Å². The first-order valence-electron chi connectivity index (χ1n) is 6.90. The first-order chi connectivity index (χ1) is 10.4. The number of carbonyl (C=O) groups is 1. The Hall–Kier alpha value is -2.34. The standard InChI is InChI=1S/C16H20N2O4/c1-10-8-12(15(19)17(3)4)6-7-14(10)18-16(20)13(9-21-5)11(2)22-18/h6-8H,9H2,1-5H3. The second kappa shape index (κ2) is 6.19. The van der Waals surface area contributed by atoms with Gasteiger partial charge in [0.15, 0.2) is 0 Å². The summed E-state index contributed by atoms with van der Waals surface area (Å²) >= 11 is 0. The number of rotatable bonds is 4. The fourth-order valence-corrected chi connectivity index (χ4v) is 2.25. The lowest BCUT2D eigenvalue weighted by molar-refractivity contribution is 0.0827. The van der Waals surface area contributed by atoms with Crippen LogP contribution >= 0.6 is 0 Å². The fraction of sp³-hybridized carbons (Fsp3) is 0.375. The van der Waals surface area contributed by atoms with Crippen molar-refractivity contribution in [2.45, 2.75) is 20.5 Å². The monoisotopic (exact) mass is 304 g/mol. The second-order valence-electron chi connectivity index (χ2n) is 5.36. The molecule has 0 fully saturated rings. The van der Waals surface area contributed by atoms with Gasteiger partial charge in [0.25, 0.3) is 11.5 Å². The summed E-state index contributed by atoms with van der Waals surface area (Å²) < 4.78 is 11.8. The molecule has 1 aromatic heterocycles. The van der Waals surface area contributed by atoms with Gasteiger partial charge in [0.2, 0.25) is 0 Å². The predicted molar refractivity (Wildman–Crippen MR) is 82.5 cm³/mol. The Morgan fingerprint density at radius 3 is 2.55 bits per heavy atom. The molecule has 1 aromatic carbocycles. The van der Waals surface area contributed by atoms with Gasteiger partial charge in [-0.15, -0.1) is 4.74 Å². The first-order valence-corrected chi connectivity index (χ1v) is 6.90. The number of methoxy groups -OCH3 is 1. The molecule has 0 bridgehead atoms. The van der Waals surface area contributed by atoms with E-state index in [1.54, 1.807) is 39.2 Å². The van der Waals surface area contributed by atoms with E-state index in [0.29, 0.717) is 22.6 Å². The van der Waals surface area contributed by atoms with Crippen molar-refractivity contribution in [1.82, 2.24) is 9.64 Å². The van der Waals surface area contributed by atoms with Crippen LogP contribution in [-0.2, 0) is 11.3 Å². The van der Waals surface area contributed by atoms with Crippen molar-refractivity contribution in [3.8, 4) is 5.69 Å². The zero-order valence-electron chi connectivity index (χ0n) is 13.5. The van der Waals surface area contributed by atoms with Gasteiger partial charge in [-0.25, -0.2) is 0 Å². The molecule has 6 heteroatoms. The molecule has 0 aliphatic heterocycles. The minimum atomic E-state index is -0.242. The van der Waals surface area contributed by atoms with Crippen LogP contribution in [0.5, 0.6) is 0 Å². The van der Waals surface area contributed by atoms with Gasteiger partial charge in [0.05, 0.1) is 17.9 Å². The van der Waals surface area contributed by atoms with Crippen molar-refractivity contribution in [2.75, 3.05) is 21.2 Å². The van der Waals surface area contributed by atoms with Gasteiger partial charge in [0, 0.05) is 26.8 Å². The summed E-state index contributed by atoms with van der Waals surface area (Å²) in [5.74, 6) is 0.442. The number of hydrogen-bond acceptors (Lipinski definition) is 4. The van der Waals surface area contributed by atoms with Gasteiger partial charge in [0.1, 0.15) is 5.76 Å². The van der Waals surface area contributed by atoms with Crippen LogP contribution in [0.4, 0.5) is 0 Å². The quantitative estimate of drug-likeness (QED) is 0.865. The molecule has 0 aliphatic rings. The number of aromatic nitrogens is 1. The third-order valence-electron chi connectivity index (χ3n) is 3.45. The summed E-state index contributed by atoms with van der Waals surface area (Å²) in [5, 5.41) is 0. The molecule has 0 saturated carbocycles. The third kappa shape index (κ3) is 2.82. The normalized spacial score (nSPS) is 10.8. The topological polar surface area (TPSA) is 64.7 Å². The van der Waals surface area contributed by atoms with E-state index in [0.717, 1.165) is 5.56 Å². The average molecular weight is 304 g/mol. The fourth-order valence-electron chi connectivity index (χ4n) is 2.25. The van der Waals surface area contributed by atoms with Crippen LogP contribution in [0.2, 0.25) is 0 Å². The number of ether oxygens (including phenoxy) is 1. The Morgan fingerprint density at radius 1 is 1.32 bits per heavy atom. The van der Waals surface area contributed by atoms with Gasteiger partial charge in [-0.3, -0.25) is 9.59 Å². The minimum absolute atomic E-state index is 0.0855. The number of carbonyl (C=O) groups excluding carboxylic acids is 1. The molecule has 6 nitrogen and oxygen atoms in total. The van der Waals surface area contributed by atoms with Crippen molar-refractivity contribution >= 4 is 5.91 Å². The SMILES string of the molecule is COCc1c(C)on(-c2ccc(C(=O)N(C)C)cc2C)c1=O. The Morgan fingerprint density at radius 2 is 2.00 bits per heavy atom. The van der Waals surface area contributed by atoms with E-state index in [-0.39, 0.29) is 18.1 Å². The van der Waals surface area contributed by atoms with Crippen molar-refractivity contribution in [3.63, 3.8) is 0 Å². The molecule has 0 radical (unpaired) electrons. The van der Waals surface area contributed by atoms with E-state index < -0.39 is 0 Å². The minimum Gasteiger partial charge on any atom is -0.380 e. The summed E-state index contributed by atoms with van der Waals surface area (Å²) in [4.78, 5) is 25.9. The van der Waals surface area contributed by atoms with Gasteiger partial charge in [-0.2, -0.15) is 0 Å². The second-order valence-corrected chi connectivity index (χ2v) is 5.36. The van der Waals surface area contributed by atoms with E-state index in [1.165, 1.54) is 16.7 Å². The molecule has 0 saturated heterocycles. The van der Waals surface area contributed by atoms with Crippen LogP contribution in [0.25, 0.3) is 5.69 Å². The van der Waals surface area contributed by atoms with Gasteiger partial charge in [-0.1, -0.05) is 0 Å². The summed E-state index contributed by atoms with van der Waals surface area (Å²) in [7, 11) is 4.93. The van der Waals surface area contributed by atoms with Crippen LogP contribution in [-0.4, -0.2) is 36.8 Å². The van der Waals surface area contributed by atoms with Crippen molar-refractivity contribution < 1.29 is 14.1 Å². The Bertz CT molecular complexity index is 756.